The van der Waals surface area contributed by atoms with Crippen LogP contribution in [0.25, 0.3) is 0 Å². The SMILES string of the molecule is Cc1cncc(NS(=O)(=O)c2c(Cc3ccc(F)c(C(F)(F)F)c3)cccc2C(N)=O)c1. The number of nitrogens with zero attached hydrogens (tertiary/aromatic N) is 1. The summed E-state index contributed by atoms with van der Waals surface area (Å²) in [5.41, 5.74) is 4.32. The molecule has 1 amide bonds. The number of hydrogen-bond acceptors (Lipinski definition) is 4. The van der Waals surface area contributed by atoms with E-state index in [0.29, 0.717) is 17.7 Å². The normalized spacial score (nSPS) is 11.9. The van der Waals surface area contributed by atoms with Crippen molar-refractivity contribution in [2.24, 2.45) is 5.73 Å². The largest absolute Gasteiger partial charge is 0.419 e. The molecule has 3 rings (SSSR count). The van der Waals surface area contributed by atoms with E-state index in [0.717, 1.165) is 6.07 Å². The van der Waals surface area contributed by atoms with Crippen LogP contribution in [0.3, 0.4) is 0 Å². The van der Waals surface area contributed by atoms with Gasteiger partial charge >= 0.3 is 6.18 Å². The van der Waals surface area contributed by atoms with Crippen molar-refractivity contribution in [1.29, 1.82) is 0 Å². The second kappa shape index (κ2) is 8.58. The van der Waals surface area contributed by atoms with Gasteiger partial charge in [-0.2, -0.15) is 13.2 Å². The fourth-order valence-corrected chi connectivity index (χ4v) is 4.64. The summed E-state index contributed by atoms with van der Waals surface area (Å²) >= 11 is 0. The molecule has 11 heteroatoms. The van der Waals surface area contributed by atoms with Crippen LogP contribution in [-0.2, 0) is 22.6 Å². The van der Waals surface area contributed by atoms with Gasteiger partial charge in [-0.15, -0.1) is 0 Å². The number of aryl methyl sites for hydroxylation is 1. The van der Waals surface area contributed by atoms with Crippen molar-refractivity contribution in [3.05, 3.63) is 88.5 Å². The molecule has 1 heterocycles. The summed E-state index contributed by atoms with van der Waals surface area (Å²) in [6.07, 6.45) is -2.49. The minimum Gasteiger partial charge on any atom is -0.366 e. The minimum atomic E-state index is -4.93. The fraction of sp³-hybridized carbons (Fsp3) is 0.143. The van der Waals surface area contributed by atoms with Crippen molar-refractivity contribution in [2.75, 3.05) is 4.72 Å². The quantitative estimate of drug-likeness (QED) is 0.534. The first kappa shape index (κ1) is 23.2. The summed E-state index contributed by atoms with van der Waals surface area (Å²) in [7, 11) is -4.39. The van der Waals surface area contributed by atoms with E-state index in [1.54, 1.807) is 6.92 Å². The van der Waals surface area contributed by atoms with Gasteiger partial charge in [-0.3, -0.25) is 14.5 Å². The fourth-order valence-electron chi connectivity index (χ4n) is 3.17. The Bertz CT molecular complexity index is 1290. The Morgan fingerprint density at radius 3 is 2.47 bits per heavy atom. The lowest BCUT2D eigenvalue weighted by Gasteiger charge is -2.16. The molecule has 3 aromatic rings. The van der Waals surface area contributed by atoms with Crippen LogP contribution in [0.2, 0.25) is 0 Å². The third-order valence-corrected chi connectivity index (χ3v) is 6.01. The van der Waals surface area contributed by atoms with Crippen LogP contribution in [0.4, 0.5) is 23.2 Å². The molecule has 2 aromatic carbocycles. The topological polar surface area (TPSA) is 102 Å². The molecule has 0 spiro atoms. The zero-order chi connectivity index (χ0) is 23.7. The van der Waals surface area contributed by atoms with E-state index in [-0.39, 0.29) is 28.8 Å². The van der Waals surface area contributed by atoms with Gasteiger partial charge in [0.15, 0.2) is 0 Å². The van der Waals surface area contributed by atoms with E-state index >= 15 is 0 Å². The maximum Gasteiger partial charge on any atom is 0.419 e. The number of nitrogens with two attached hydrogens (primary N) is 1. The molecule has 0 fully saturated rings. The number of amides is 1. The molecule has 0 saturated heterocycles. The maximum absolute atomic E-state index is 13.6. The Kier molecular flexibility index (Phi) is 6.22. The number of pyridine rings is 1. The molecule has 0 aliphatic rings. The number of alkyl halides is 3. The lowest BCUT2D eigenvalue weighted by molar-refractivity contribution is -0.140. The number of carbonyl (C=O) groups is 1. The van der Waals surface area contributed by atoms with Crippen molar-refractivity contribution in [3.8, 4) is 0 Å². The number of hydrogen-bond donors (Lipinski definition) is 2. The number of nitrogens with one attached hydrogen (secondary N) is 1. The number of primary amides is 1. The molecule has 168 valence electrons. The molecule has 3 N–H and O–H groups in total. The molecule has 0 saturated carbocycles. The molecular weight excluding hydrogens is 450 g/mol. The number of sulfonamides is 1. The van der Waals surface area contributed by atoms with Gasteiger partial charge in [0, 0.05) is 6.20 Å². The Balaban J connectivity index is 2.11. The van der Waals surface area contributed by atoms with Crippen LogP contribution in [0.15, 0.2) is 59.8 Å². The number of halogens is 4. The number of benzene rings is 2. The van der Waals surface area contributed by atoms with Gasteiger partial charge in [-0.05, 0) is 54.3 Å². The summed E-state index contributed by atoms with van der Waals surface area (Å²) in [5, 5.41) is 0. The molecule has 0 atom stereocenters. The Hall–Kier alpha value is -3.47. The Labute approximate surface area is 181 Å². The molecule has 32 heavy (non-hydrogen) atoms. The first-order valence-corrected chi connectivity index (χ1v) is 10.6. The molecule has 0 radical (unpaired) electrons. The molecular formula is C21H17F4N3O3S. The Morgan fingerprint density at radius 2 is 1.84 bits per heavy atom. The maximum atomic E-state index is 13.6. The van der Waals surface area contributed by atoms with Crippen molar-refractivity contribution >= 4 is 21.6 Å². The van der Waals surface area contributed by atoms with Gasteiger partial charge in [0.05, 0.1) is 23.0 Å². The van der Waals surface area contributed by atoms with Crippen molar-refractivity contribution in [1.82, 2.24) is 4.98 Å². The van der Waals surface area contributed by atoms with E-state index in [9.17, 15) is 30.8 Å². The zero-order valence-corrected chi connectivity index (χ0v) is 17.4. The second-order valence-corrected chi connectivity index (χ2v) is 8.62. The van der Waals surface area contributed by atoms with Crippen LogP contribution in [-0.4, -0.2) is 19.3 Å². The Morgan fingerprint density at radius 1 is 1.12 bits per heavy atom. The van der Waals surface area contributed by atoms with E-state index in [2.05, 4.69) is 9.71 Å². The van der Waals surface area contributed by atoms with Crippen molar-refractivity contribution < 1.29 is 30.8 Å². The van der Waals surface area contributed by atoms with Crippen molar-refractivity contribution in [2.45, 2.75) is 24.4 Å². The highest BCUT2D eigenvalue weighted by Gasteiger charge is 2.34. The first-order valence-electron chi connectivity index (χ1n) is 9.10. The average Bonchev–Trinajstić information content (AvgIpc) is 2.68. The predicted octanol–water partition coefficient (Wildman–Crippen LogP) is 4.04. The van der Waals surface area contributed by atoms with Crippen molar-refractivity contribution in [3.63, 3.8) is 0 Å². The standard InChI is InChI=1S/C21H17F4N3O3S/c1-12-7-15(11-27-10-12)28-32(30,31)19-14(3-2-4-16(19)20(26)29)8-13-5-6-18(22)17(9-13)21(23,24)25/h2-7,9-11,28H,8H2,1H3,(H2,26,29). The van der Waals surface area contributed by atoms with Crippen LogP contribution in [0.1, 0.15) is 32.6 Å². The molecule has 0 aliphatic heterocycles. The lowest BCUT2D eigenvalue weighted by Crippen LogP contribution is -2.22. The predicted molar refractivity (Wildman–Crippen MR) is 109 cm³/mol. The van der Waals surface area contributed by atoms with Gasteiger partial charge in [0.1, 0.15) is 10.7 Å². The molecule has 1 aromatic heterocycles. The highest BCUT2D eigenvalue weighted by Crippen LogP contribution is 2.33. The van der Waals surface area contributed by atoms with E-state index in [1.807, 2.05) is 0 Å². The molecule has 0 aliphatic carbocycles. The van der Waals surface area contributed by atoms with E-state index in [1.165, 1.54) is 36.7 Å². The lowest BCUT2D eigenvalue weighted by atomic mass is 10.0. The van der Waals surface area contributed by atoms with Crippen LogP contribution >= 0.6 is 0 Å². The number of aromatic nitrogens is 1. The smallest absolute Gasteiger partial charge is 0.366 e. The average molecular weight is 467 g/mol. The molecule has 0 bridgehead atoms. The summed E-state index contributed by atoms with van der Waals surface area (Å²) in [5.74, 6) is -2.49. The zero-order valence-electron chi connectivity index (χ0n) is 16.6. The van der Waals surface area contributed by atoms with Crippen LogP contribution < -0.4 is 10.5 Å². The minimum absolute atomic E-state index is 0.00554. The summed E-state index contributed by atoms with van der Waals surface area (Å²) in [4.78, 5) is 15.3. The highest BCUT2D eigenvalue weighted by atomic mass is 32.2. The number of carbonyl (C=O) groups excluding carboxylic acids is 1. The summed E-state index contributed by atoms with van der Waals surface area (Å²) < 4.78 is 81.4. The van der Waals surface area contributed by atoms with E-state index in [4.69, 9.17) is 5.73 Å². The van der Waals surface area contributed by atoms with Gasteiger partial charge in [0.2, 0.25) is 5.91 Å². The van der Waals surface area contributed by atoms with Gasteiger partial charge in [-0.1, -0.05) is 18.2 Å². The van der Waals surface area contributed by atoms with Crippen LogP contribution in [0.5, 0.6) is 0 Å². The molecule has 0 unspecified atom stereocenters. The first-order chi connectivity index (χ1) is 14.9. The summed E-state index contributed by atoms with van der Waals surface area (Å²) in [6.45, 7) is 1.69. The van der Waals surface area contributed by atoms with Gasteiger partial charge in [-0.25, -0.2) is 12.8 Å². The summed E-state index contributed by atoms with van der Waals surface area (Å²) in [6, 6.07) is 7.76. The highest BCUT2D eigenvalue weighted by molar-refractivity contribution is 7.92. The third kappa shape index (κ3) is 5.05. The van der Waals surface area contributed by atoms with Gasteiger partial charge in [0.25, 0.3) is 10.0 Å². The second-order valence-electron chi connectivity index (χ2n) is 7.00. The third-order valence-electron chi connectivity index (χ3n) is 4.49. The van der Waals surface area contributed by atoms with Gasteiger partial charge < -0.3 is 5.73 Å². The monoisotopic (exact) mass is 467 g/mol. The number of rotatable bonds is 6. The number of anilines is 1. The van der Waals surface area contributed by atoms with Crippen LogP contribution in [0, 0.1) is 12.7 Å². The molecule has 6 nitrogen and oxygen atoms in total. The van der Waals surface area contributed by atoms with E-state index < -0.39 is 38.4 Å².